The second-order valence-electron chi connectivity index (χ2n) is 6.91. The summed E-state index contributed by atoms with van der Waals surface area (Å²) in [6.07, 6.45) is 3.07. The smallest absolute Gasteiger partial charge is 0.410 e. The maximum absolute atomic E-state index is 12.2. The van der Waals surface area contributed by atoms with E-state index >= 15 is 0 Å². The van der Waals surface area contributed by atoms with Gasteiger partial charge in [0.05, 0.1) is 11.6 Å². The van der Waals surface area contributed by atoms with Crippen LogP contribution in [0.1, 0.15) is 33.6 Å². The third kappa shape index (κ3) is 3.72. The number of nitrogens with zero attached hydrogens (tertiary/aromatic N) is 3. The van der Waals surface area contributed by atoms with Gasteiger partial charge in [0, 0.05) is 19.1 Å². The number of ether oxygens (including phenoxy) is 1. The highest BCUT2D eigenvalue weighted by Gasteiger charge is 2.28. The van der Waals surface area contributed by atoms with Gasteiger partial charge in [0.15, 0.2) is 16.6 Å². The SMILES string of the molecule is CC(C)(C)OC(=O)N1CCC[C@@H](Nc2nnc(Cl)c3ccoc23)C1. The first kappa shape index (κ1) is 16.8. The number of carbonyl (C=O) groups is 1. The molecule has 130 valence electrons. The largest absolute Gasteiger partial charge is 0.460 e. The Balaban J connectivity index is 1.70. The van der Waals surface area contributed by atoms with Crippen molar-refractivity contribution in [3.05, 3.63) is 17.5 Å². The number of hydrogen-bond donors (Lipinski definition) is 1. The van der Waals surface area contributed by atoms with E-state index in [4.69, 9.17) is 20.8 Å². The molecule has 1 N–H and O–H groups in total. The summed E-state index contributed by atoms with van der Waals surface area (Å²) in [4.78, 5) is 14.0. The van der Waals surface area contributed by atoms with Gasteiger partial charge in [0.1, 0.15) is 5.60 Å². The number of likely N-dealkylation sites (tertiary alicyclic amines) is 1. The topological polar surface area (TPSA) is 80.5 Å². The van der Waals surface area contributed by atoms with E-state index in [-0.39, 0.29) is 12.1 Å². The van der Waals surface area contributed by atoms with Gasteiger partial charge in [-0.2, -0.15) is 0 Å². The number of hydrogen-bond acceptors (Lipinski definition) is 6. The molecule has 8 heteroatoms. The van der Waals surface area contributed by atoms with Crippen molar-refractivity contribution in [3.8, 4) is 0 Å². The van der Waals surface area contributed by atoms with Gasteiger partial charge in [-0.05, 0) is 39.7 Å². The molecule has 7 nitrogen and oxygen atoms in total. The number of fused-ring (bicyclic) bond motifs is 1. The van der Waals surface area contributed by atoms with Crippen molar-refractivity contribution in [1.29, 1.82) is 0 Å². The normalized spacial score (nSPS) is 18.7. The van der Waals surface area contributed by atoms with Crippen LogP contribution in [-0.4, -0.2) is 45.9 Å². The summed E-state index contributed by atoms with van der Waals surface area (Å²) in [5, 5.41) is 12.4. The van der Waals surface area contributed by atoms with E-state index in [2.05, 4.69) is 15.5 Å². The first-order valence-corrected chi connectivity index (χ1v) is 8.35. The fourth-order valence-corrected chi connectivity index (χ4v) is 2.91. The van der Waals surface area contributed by atoms with Gasteiger partial charge in [-0.1, -0.05) is 11.6 Å². The molecule has 1 aliphatic rings. The highest BCUT2D eigenvalue weighted by Crippen LogP contribution is 2.28. The van der Waals surface area contributed by atoms with Crippen molar-refractivity contribution in [2.24, 2.45) is 0 Å². The maximum Gasteiger partial charge on any atom is 0.410 e. The average molecular weight is 353 g/mol. The molecule has 0 radical (unpaired) electrons. The zero-order valence-electron chi connectivity index (χ0n) is 14.0. The molecular formula is C16H21ClN4O3. The molecular weight excluding hydrogens is 332 g/mol. The van der Waals surface area contributed by atoms with Crippen LogP contribution in [0.5, 0.6) is 0 Å². The van der Waals surface area contributed by atoms with Crippen LogP contribution in [0.2, 0.25) is 5.15 Å². The number of halogens is 1. The number of rotatable bonds is 2. The minimum atomic E-state index is -0.501. The molecule has 24 heavy (non-hydrogen) atoms. The zero-order chi connectivity index (χ0) is 17.3. The Bertz CT molecular complexity index is 740. The highest BCUT2D eigenvalue weighted by molar-refractivity contribution is 6.34. The van der Waals surface area contributed by atoms with Crippen molar-refractivity contribution in [1.82, 2.24) is 15.1 Å². The van der Waals surface area contributed by atoms with E-state index in [1.165, 1.54) is 0 Å². The third-order valence-electron chi connectivity index (χ3n) is 3.75. The van der Waals surface area contributed by atoms with Gasteiger partial charge >= 0.3 is 6.09 Å². The van der Waals surface area contributed by atoms with Gasteiger partial charge in [-0.15, -0.1) is 10.2 Å². The molecule has 0 saturated carbocycles. The van der Waals surface area contributed by atoms with Gasteiger partial charge < -0.3 is 19.4 Å². The number of furan rings is 1. The number of amides is 1. The molecule has 3 rings (SSSR count). The van der Waals surface area contributed by atoms with E-state index in [1.54, 1.807) is 17.2 Å². The first-order chi connectivity index (χ1) is 11.3. The molecule has 3 heterocycles. The zero-order valence-corrected chi connectivity index (χ0v) is 14.8. The summed E-state index contributed by atoms with van der Waals surface area (Å²) >= 11 is 6.01. The molecule has 1 amide bonds. The van der Waals surface area contributed by atoms with Crippen molar-refractivity contribution >= 4 is 34.5 Å². The molecule has 1 fully saturated rings. The van der Waals surface area contributed by atoms with E-state index < -0.39 is 5.60 Å². The van der Waals surface area contributed by atoms with Crippen LogP contribution in [0.3, 0.4) is 0 Å². The fraction of sp³-hybridized carbons (Fsp3) is 0.562. The lowest BCUT2D eigenvalue weighted by Gasteiger charge is -2.34. The van der Waals surface area contributed by atoms with Crippen LogP contribution in [0.25, 0.3) is 11.0 Å². The standard InChI is InChI=1S/C16H21ClN4O3/c1-16(2,3)24-15(22)21-7-4-5-10(9-21)18-14-12-11(6-8-23-12)13(17)19-20-14/h6,8,10H,4-5,7,9H2,1-3H3,(H,18,20)/t10-/m1/s1. The van der Waals surface area contributed by atoms with E-state index in [0.717, 1.165) is 12.8 Å². The molecule has 0 unspecified atom stereocenters. The predicted molar refractivity (Wildman–Crippen MR) is 91.3 cm³/mol. The van der Waals surface area contributed by atoms with Gasteiger partial charge in [-0.3, -0.25) is 0 Å². The molecule has 0 spiro atoms. The number of anilines is 1. The lowest BCUT2D eigenvalue weighted by Crippen LogP contribution is -2.47. The number of aromatic nitrogens is 2. The molecule has 1 aliphatic heterocycles. The maximum atomic E-state index is 12.2. The molecule has 2 aromatic rings. The van der Waals surface area contributed by atoms with Gasteiger partial charge in [0.2, 0.25) is 0 Å². The van der Waals surface area contributed by atoms with Crippen molar-refractivity contribution < 1.29 is 13.9 Å². The second-order valence-corrected chi connectivity index (χ2v) is 7.27. The summed E-state index contributed by atoms with van der Waals surface area (Å²) in [7, 11) is 0. The number of piperidine rings is 1. The molecule has 1 atom stereocenters. The Kier molecular flexibility index (Phi) is 4.54. The Morgan fingerprint density at radius 2 is 2.25 bits per heavy atom. The lowest BCUT2D eigenvalue weighted by atomic mass is 10.1. The average Bonchev–Trinajstić information content (AvgIpc) is 2.99. The molecule has 0 aromatic carbocycles. The monoisotopic (exact) mass is 352 g/mol. The minimum Gasteiger partial charge on any atom is -0.460 e. The number of carbonyl (C=O) groups excluding carboxylic acids is 1. The van der Waals surface area contributed by atoms with Crippen LogP contribution in [0, 0.1) is 0 Å². The Morgan fingerprint density at radius 1 is 1.46 bits per heavy atom. The Morgan fingerprint density at radius 3 is 3.00 bits per heavy atom. The van der Waals surface area contributed by atoms with E-state index in [0.29, 0.717) is 35.0 Å². The summed E-state index contributed by atoms with van der Waals surface area (Å²) in [6, 6.07) is 1.81. The molecule has 0 bridgehead atoms. The summed E-state index contributed by atoms with van der Waals surface area (Å²) in [6.45, 7) is 6.82. The van der Waals surface area contributed by atoms with E-state index in [1.807, 2.05) is 20.8 Å². The van der Waals surface area contributed by atoms with E-state index in [9.17, 15) is 4.79 Å². The minimum absolute atomic E-state index is 0.0510. The number of nitrogens with one attached hydrogen (secondary N) is 1. The Hall–Kier alpha value is -2.02. The Labute approximate surface area is 145 Å². The van der Waals surface area contributed by atoms with Crippen molar-refractivity contribution in [3.63, 3.8) is 0 Å². The van der Waals surface area contributed by atoms with Crippen LogP contribution < -0.4 is 5.32 Å². The summed E-state index contributed by atoms with van der Waals surface area (Å²) in [5.41, 5.74) is 0.0730. The van der Waals surface area contributed by atoms with Crippen LogP contribution >= 0.6 is 11.6 Å². The molecule has 2 aromatic heterocycles. The van der Waals surface area contributed by atoms with Crippen LogP contribution in [-0.2, 0) is 4.74 Å². The molecule has 1 saturated heterocycles. The molecule has 0 aliphatic carbocycles. The summed E-state index contributed by atoms with van der Waals surface area (Å²) < 4.78 is 10.9. The summed E-state index contributed by atoms with van der Waals surface area (Å²) in [5.74, 6) is 0.537. The van der Waals surface area contributed by atoms with Gasteiger partial charge in [-0.25, -0.2) is 4.79 Å². The fourth-order valence-electron chi connectivity index (χ4n) is 2.72. The van der Waals surface area contributed by atoms with Crippen LogP contribution in [0.4, 0.5) is 10.6 Å². The highest BCUT2D eigenvalue weighted by atomic mass is 35.5. The van der Waals surface area contributed by atoms with Crippen molar-refractivity contribution in [2.45, 2.75) is 45.3 Å². The third-order valence-corrected chi connectivity index (χ3v) is 4.03. The van der Waals surface area contributed by atoms with Crippen molar-refractivity contribution in [2.75, 3.05) is 18.4 Å². The van der Waals surface area contributed by atoms with Gasteiger partial charge in [0.25, 0.3) is 0 Å². The second kappa shape index (κ2) is 6.47. The van der Waals surface area contributed by atoms with Crippen LogP contribution in [0.15, 0.2) is 16.7 Å². The quantitative estimate of drug-likeness (QED) is 0.887. The lowest BCUT2D eigenvalue weighted by molar-refractivity contribution is 0.0206. The predicted octanol–water partition coefficient (Wildman–Crippen LogP) is 3.69. The first-order valence-electron chi connectivity index (χ1n) is 7.97.